The van der Waals surface area contributed by atoms with Crippen molar-refractivity contribution < 1.29 is 27.8 Å². The number of ether oxygens (including phenoxy) is 2. The first-order valence-corrected chi connectivity index (χ1v) is 15.5. The van der Waals surface area contributed by atoms with Gasteiger partial charge in [0.2, 0.25) is 5.95 Å². The van der Waals surface area contributed by atoms with Gasteiger partial charge in [0, 0.05) is 29.9 Å². The lowest BCUT2D eigenvalue weighted by atomic mass is 9.93. The molecule has 1 amide bonds. The van der Waals surface area contributed by atoms with Gasteiger partial charge in [-0.2, -0.15) is 14.6 Å². The first-order valence-electron chi connectivity index (χ1n) is 14.6. The van der Waals surface area contributed by atoms with E-state index in [-0.39, 0.29) is 53.7 Å². The number of carbonyl (C=O) groups excluding carboxylic acids is 2. The molecule has 15 heteroatoms. The van der Waals surface area contributed by atoms with Crippen molar-refractivity contribution in [3.63, 3.8) is 0 Å². The van der Waals surface area contributed by atoms with Gasteiger partial charge in [0.15, 0.2) is 12.5 Å². The van der Waals surface area contributed by atoms with Crippen molar-refractivity contribution in [2.45, 2.75) is 70.4 Å². The van der Waals surface area contributed by atoms with E-state index < -0.39 is 17.7 Å². The summed E-state index contributed by atoms with van der Waals surface area (Å²) < 4.78 is 43.1. The van der Waals surface area contributed by atoms with Gasteiger partial charge in [-0.25, -0.2) is 19.0 Å². The van der Waals surface area contributed by atoms with Gasteiger partial charge in [-0.05, 0) is 64.1 Å². The Morgan fingerprint density at radius 1 is 1.11 bits per heavy atom. The molecule has 0 aromatic carbocycles. The van der Waals surface area contributed by atoms with Crippen molar-refractivity contribution in [2.75, 3.05) is 18.5 Å². The summed E-state index contributed by atoms with van der Waals surface area (Å²) in [6.45, 7) is 3.37. The molecule has 44 heavy (non-hydrogen) atoms. The molecule has 2 aliphatic rings. The van der Waals surface area contributed by atoms with Crippen LogP contribution in [-0.2, 0) is 21.0 Å². The van der Waals surface area contributed by atoms with Crippen LogP contribution in [0.4, 0.5) is 14.5 Å². The molecule has 0 radical (unpaired) electrons. The molecule has 0 spiro atoms. The van der Waals surface area contributed by atoms with Crippen LogP contribution in [0.25, 0.3) is 22.0 Å². The van der Waals surface area contributed by atoms with Crippen LogP contribution < -0.4 is 10.6 Å². The van der Waals surface area contributed by atoms with Crippen LogP contribution in [0.3, 0.4) is 0 Å². The van der Waals surface area contributed by atoms with Crippen LogP contribution in [0.1, 0.15) is 62.0 Å². The number of anilines is 1. The van der Waals surface area contributed by atoms with Gasteiger partial charge in [0.25, 0.3) is 5.91 Å². The smallest absolute Gasteiger partial charge is 0.324 e. The summed E-state index contributed by atoms with van der Waals surface area (Å²) in [6, 6.07) is 1.62. The van der Waals surface area contributed by atoms with Crippen molar-refractivity contribution in [1.82, 2.24) is 34.8 Å². The molecule has 12 nitrogen and oxygen atoms in total. The summed E-state index contributed by atoms with van der Waals surface area (Å²) in [4.78, 5) is 33.7. The molecule has 2 fully saturated rings. The third kappa shape index (κ3) is 6.69. The number of hydrogen-bond donors (Lipinski definition) is 2. The molecular formula is C29H32F2N8O4S. The Balaban J connectivity index is 1.17. The van der Waals surface area contributed by atoms with Gasteiger partial charge in [-0.15, -0.1) is 11.3 Å². The van der Waals surface area contributed by atoms with Crippen molar-refractivity contribution in [3.8, 4) is 22.0 Å². The molecule has 1 aliphatic heterocycles. The number of hydrogen-bond acceptors (Lipinski definition) is 10. The van der Waals surface area contributed by atoms with Gasteiger partial charge >= 0.3 is 5.97 Å². The van der Waals surface area contributed by atoms with Gasteiger partial charge in [0.1, 0.15) is 28.1 Å². The SMILES string of the molecule is CCO[C@H]1CC[C@H](n2cc(NC(=O)c3csc(-c4cnn(COC(=O)[C@@H]5CCCN5)c4)n3)c(-c3nc(F)ccc3F)n2)CC1. The zero-order valence-electron chi connectivity index (χ0n) is 24.0. The number of rotatable bonds is 10. The summed E-state index contributed by atoms with van der Waals surface area (Å²) in [5.74, 6) is -2.48. The maximum atomic E-state index is 14.8. The minimum Gasteiger partial charge on any atom is -0.441 e. The quantitative estimate of drug-likeness (QED) is 0.192. The average Bonchev–Trinajstić information content (AvgIpc) is 3.84. The molecule has 2 N–H and O–H groups in total. The highest BCUT2D eigenvalue weighted by molar-refractivity contribution is 7.13. The first-order chi connectivity index (χ1) is 21.4. The van der Waals surface area contributed by atoms with Crippen LogP contribution in [0.2, 0.25) is 0 Å². The predicted molar refractivity (Wildman–Crippen MR) is 157 cm³/mol. The second kappa shape index (κ2) is 13.3. The van der Waals surface area contributed by atoms with E-state index in [9.17, 15) is 18.4 Å². The fourth-order valence-electron chi connectivity index (χ4n) is 5.50. The zero-order valence-corrected chi connectivity index (χ0v) is 24.9. The van der Waals surface area contributed by atoms with Crippen molar-refractivity contribution in [1.29, 1.82) is 0 Å². The van der Waals surface area contributed by atoms with Crippen molar-refractivity contribution >= 4 is 28.9 Å². The lowest BCUT2D eigenvalue weighted by Crippen LogP contribution is -2.32. The number of carbonyl (C=O) groups is 2. The molecule has 5 heterocycles. The number of esters is 1. The van der Waals surface area contributed by atoms with Crippen molar-refractivity contribution in [3.05, 3.63) is 53.6 Å². The third-order valence-corrected chi connectivity index (χ3v) is 8.63. The minimum absolute atomic E-state index is 0.00356. The maximum Gasteiger partial charge on any atom is 0.324 e. The molecule has 1 saturated heterocycles. The normalized spacial score (nSPS) is 20.1. The summed E-state index contributed by atoms with van der Waals surface area (Å²) in [5, 5.41) is 16.8. The van der Waals surface area contributed by atoms with E-state index in [1.807, 2.05) is 6.92 Å². The van der Waals surface area contributed by atoms with Crippen LogP contribution >= 0.6 is 11.3 Å². The fraction of sp³-hybridized carbons (Fsp3) is 0.448. The topological polar surface area (TPSA) is 138 Å². The first kappa shape index (κ1) is 30.0. The third-order valence-electron chi connectivity index (χ3n) is 7.74. The number of thiazole rings is 1. The zero-order chi connectivity index (χ0) is 30.6. The number of halogens is 2. The summed E-state index contributed by atoms with van der Waals surface area (Å²) in [5.41, 5.74) is 0.699. The van der Waals surface area contributed by atoms with Gasteiger partial charge < -0.3 is 20.1 Å². The monoisotopic (exact) mass is 626 g/mol. The van der Waals surface area contributed by atoms with E-state index >= 15 is 0 Å². The largest absolute Gasteiger partial charge is 0.441 e. The summed E-state index contributed by atoms with van der Waals surface area (Å²) in [7, 11) is 0. The van der Waals surface area contributed by atoms with E-state index in [0.717, 1.165) is 57.2 Å². The van der Waals surface area contributed by atoms with E-state index in [0.29, 0.717) is 17.2 Å². The Bertz CT molecular complexity index is 1620. The molecule has 4 aromatic heterocycles. The maximum absolute atomic E-state index is 14.8. The molecule has 232 valence electrons. The lowest BCUT2D eigenvalue weighted by Gasteiger charge is -2.28. The highest BCUT2D eigenvalue weighted by Gasteiger charge is 2.27. The van der Waals surface area contributed by atoms with Crippen LogP contribution in [0.5, 0.6) is 0 Å². The Kier molecular flexibility index (Phi) is 9.04. The van der Waals surface area contributed by atoms with E-state index in [1.54, 1.807) is 28.7 Å². The van der Waals surface area contributed by atoms with Crippen LogP contribution in [-0.4, -0.2) is 66.7 Å². The Morgan fingerprint density at radius 3 is 2.73 bits per heavy atom. The van der Waals surface area contributed by atoms with Crippen LogP contribution in [0, 0.1) is 11.8 Å². The molecule has 0 unspecified atom stereocenters. The second-order valence-electron chi connectivity index (χ2n) is 10.7. The molecule has 4 aromatic rings. The van der Waals surface area contributed by atoms with Gasteiger partial charge in [-0.1, -0.05) is 0 Å². The van der Waals surface area contributed by atoms with Crippen LogP contribution in [0.15, 0.2) is 36.1 Å². The summed E-state index contributed by atoms with van der Waals surface area (Å²) >= 11 is 1.24. The summed E-state index contributed by atoms with van der Waals surface area (Å²) in [6.07, 6.45) is 10.0. The van der Waals surface area contributed by atoms with E-state index in [4.69, 9.17) is 9.47 Å². The number of amides is 1. The number of aromatic nitrogens is 6. The molecule has 0 bridgehead atoms. The number of nitrogens with one attached hydrogen (secondary N) is 2. The molecule has 1 atom stereocenters. The van der Waals surface area contributed by atoms with Gasteiger partial charge in [-0.3, -0.25) is 14.3 Å². The number of pyridine rings is 1. The molecule has 6 rings (SSSR count). The highest BCUT2D eigenvalue weighted by atomic mass is 32.1. The van der Waals surface area contributed by atoms with E-state index in [2.05, 4.69) is 30.8 Å². The Labute approximate surface area is 255 Å². The Hall–Kier alpha value is -4.08. The Morgan fingerprint density at radius 2 is 1.95 bits per heavy atom. The molecule has 1 saturated carbocycles. The highest BCUT2D eigenvalue weighted by Crippen LogP contribution is 2.34. The minimum atomic E-state index is -0.861. The van der Waals surface area contributed by atoms with E-state index in [1.165, 1.54) is 16.0 Å². The molecule has 1 aliphatic carbocycles. The predicted octanol–water partition coefficient (Wildman–Crippen LogP) is 4.57. The number of nitrogens with zero attached hydrogens (tertiary/aromatic N) is 6. The second-order valence-corrected chi connectivity index (χ2v) is 11.6. The lowest BCUT2D eigenvalue weighted by molar-refractivity contribution is -0.150. The van der Waals surface area contributed by atoms with Crippen molar-refractivity contribution in [2.24, 2.45) is 0 Å². The standard InChI is InChI=1S/C29H32F2N8O4S/c1-2-42-19-7-5-18(6-8-19)39-14-22(26(37-39)25-20(30)9-10-24(31)36-25)34-27(40)23-15-44-28(35-23)17-12-33-38(13-17)16-43-29(41)21-4-3-11-32-21/h9-10,12-15,18-19,21,32H,2-8,11,16H2,1H3,(H,34,40)/t18-,19-,21-/m0/s1. The average molecular weight is 627 g/mol. The van der Waals surface area contributed by atoms with Gasteiger partial charge in [0.05, 0.1) is 24.0 Å². The molecular weight excluding hydrogens is 594 g/mol. The fourth-order valence-corrected chi connectivity index (χ4v) is 6.27.